The minimum Gasteiger partial charge on any atom is -0.465 e. The van der Waals surface area contributed by atoms with Gasteiger partial charge >= 0.3 is 6.09 Å². The van der Waals surface area contributed by atoms with Gasteiger partial charge in [0.1, 0.15) is 17.5 Å². The Kier molecular flexibility index (Phi) is 5.17. The van der Waals surface area contributed by atoms with Crippen molar-refractivity contribution in [3.05, 3.63) is 34.4 Å². The maximum atomic E-state index is 14.3. The van der Waals surface area contributed by atoms with E-state index in [-0.39, 0.29) is 33.4 Å². The number of carbonyl (C=O) groups is 1. The van der Waals surface area contributed by atoms with Crippen LogP contribution in [-0.4, -0.2) is 46.3 Å². The predicted octanol–water partition coefficient (Wildman–Crippen LogP) is 5.08. The highest BCUT2D eigenvalue weighted by atomic mass is 35.5. The summed E-state index contributed by atoms with van der Waals surface area (Å²) in [5.74, 6) is -0.947. The topological polar surface area (TPSA) is 56.7 Å². The Bertz CT molecular complexity index is 945. The fourth-order valence-electron chi connectivity index (χ4n) is 3.85. The summed E-state index contributed by atoms with van der Waals surface area (Å²) in [5.41, 5.74) is 0.463. The number of aromatic nitrogens is 1. The molecule has 0 saturated carbocycles. The quantitative estimate of drug-likeness (QED) is 0.711. The number of carboxylic acid groups (broad SMARTS) is 1. The Hall–Kier alpha value is -2.15. The fourth-order valence-corrected chi connectivity index (χ4v) is 4.12. The molecule has 2 aromatic rings. The maximum absolute atomic E-state index is 14.3. The van der Waals surface area contributed by atoms with Crippen molar-refractivity contribution in [2.75, 3.05) is 18.0 Å². The first-order valence-corrected chi connectivity index (χ1v) is 9.50. The number of benzene rings is 1. The lowest BCUT2D eigenvalue weighted by atomic mass is 9.83. The van der Waals surface area contributed by atoms with Crippen molar-refractivity contribution < 1.29 is 18.7 Å². The molecule has 2 atom stereocenters. The van der Waals surface area contributed by atoms with Crippen molar-refractivity contribution in [2.45, 2.75) is 46.7 Å². The monoisotopic (exact) mass is 411 g/mol. The normalized spacial score (nSPS) is 20.7. The number of hydrogen-bond donors (Lipinski definition) is 1. The fraction of sp³-hybridized carbons (Fsp3) is 0.500. The summed E-state index contributed by atoms with van der Waals surface area (Å²) < 4.78 is 28.0. The van der Waals surface area contributed by atoms with Crippen molar-refractivity contribution in [3.8, 4) is 0 Å². The molecule has 1 aliphatic rings. The molecule has 152 valence electrons. The Labute approximate surface area is 167 Å². The third-order valence-electron chi connectivity index (χ3n) is 5.40. The van der Waals surface area contributed by atoms with E-state index < -0.39 is 17.7 Å². The number of fused-ring (bicyclic) bond motifs is 1. The van der Waals surface area contributed by atoms with Crippen LogP contribution in [0.3, 0.4) is 0 Å². The van der Waals surface area contributed by atoms with Crippen LogP contribution in [0.2, 0.25) is 5.02 Å². The zero-order chi connectivity index (χ0) is 21.0. The molecule has 1 saturated heterocycles. The first-order chi connectivity index (χ1) is 12.9. The number of anilines is 1. The largest absolute Gasteiger partial charge is 0.465 e. The maximum Gasteiger partial charge on any atom is 0.407 e. The minimum atomic E-state index is -0.966. The van der Waals surface area contributed by atoms with Gasteiger partial charge in [0.25, 0.3) is 0 Å². The zero-order valence-electron chi connectivity index (χ0n) is 16.6. The highest BCUT2D eigenvalue weighted by Gasteiger charge is 2.41. The van der Waals surface area contributed by atoms with E-state index in [1.54, 1.807) is 6.92 Å². The summed E-state index contributed by atoms with van der Waals surface area (Å²) in [6.45, 7) is 10.4. The van der Waals surface area contributed by atoms with Crippen molar-refractivity contribution in [1.29, 1.82) is 0 Å². The summed E-state index contributed by atoms with van der Waals surface area (Å²) in [7, 11) is 0. The summed E-state index contributed by atoms with van der Waals surface area (Å²) in [4.78, 5) is 19.6. The van der Waals surface area contributed by atoms with E-state index in [2.05, 4.69) is 4.98 Å². The average molecular weight is 412 g/mol. The Morgan fingerprint density at radius 2 is 1.93 bits per heavy atom. The lowest BCUT2D eigenvalue weighted by Crippen LogP contribution is -2.62. The molecular formula is C20H24ClF2N3O2. The summed E-state index contributed by atoms with van der Waals surface area (Å²) in [6, 6.07) is 1.51. The van der Waals surface area contributed by atoms with Gasteiger partial charge in [-0.05, 0) is 19.3 Å². The number of nitrogens with zero attached hydrogens (tertiary/aromatic N) is 3. The van der Waals surface area contributed by atoms with E-state index in [4.69, 9.17) is 11.6 Å². The molecule has 0 aliphatic carbocycles. The molecule has 1 fully saturated rings. The standard InChI is InChI=1S/C20H24ClF2N3O2/c1-10-8-26(15(20(3,4)5)9-25(10)19(27)28)18-11(2)17(21)16-13(23)6-12(22)7-14(16)24-18/h6-7,10,15H,8-9H2,1-5H3,(H,27,28). The van der Waals surface area contributed by atoms with Crippen molar-refractivity contribution in [3.63, 3.8) is 0 Å². The van der Waals surface area contributed by atoms with Crippen molar-refractivity contribution >= 4 is 34.4 Å². The molecule has 28 heavy (non-hydrogen) atoms. The van der Waals surface area contributed by atoms with Crippen molar-refractivity contribution in [2.24, 2.45) is 5.41 Å². The van der Waals surface area contributed by atoms with E-state index in [1.807, 2.05) is 32.6 Å². The number of pyridine rings is 1. The van der Waals surface area contributed by atoms with Crippen LogP contribution in [-0.2, 0) is 0 Å². The predicted molar refractivity (Wildman–Crippen MR) is 106 cm³/mol. The Balaban J connectivity index is 2.18. The molecule has 0 bridgehead atoms. The van der Waals surface area contributed by atoms with Gasteiger partial charge in [0.2, 0.25) is 0 Å². The van der Waals surface area contributed by atoms with Gasteiger partial charge in [-0.15, -0.1) is 0 Å². The highest BCUT2D eigenvalue weighted by Crippen LogP contribution is 2.39. The van der Waals surface area contributed by atoms with Gasteiger partial charge in [0.05, 0.1) is 22.0 Å². The molecule has 0 spiro atoms. The van der Waals surface area contributed by atoms with E-state index in [0.29, 0.717) is 24.5 Å². The molecule has 1 amide bonds. The number of piperazine rings is 1. The van der Waals surface area contributed by atoms with Gasteiger partial charge in [-0.2, -0.15) is 0 Å². The first kappa shape index (κ1) is 20.6. The van der Waals surface area contributed by atoms with Crippen LogP contribution in [0.25, 0.3) is 10.9 Å². The van der Waals surface area contributed by atoms with Gasteiger partial charge in [-0.3, -0.25) is 0 Å². The smallest absolute Gasteiger partial charge is 0.407 e. The molecule has 8 heteroatoms. The van der Waals surface area contributed by atoms with E-state index >= 15 is 0 Å². The second kappa shape index (κ2) is 7.03. The molecule has 1 aromatic carbocycles. The lowest BCUT2D eigenvalue weighted by Gasteiger charge is -2.50. The highest BCUT2D eigenvalue weighted by molar-refractivity contribution is 6.36. The van der Waals surface area contributed by atoms with Crippen LogP contribution in [0, 0.1) is 24.0 Å². The van der Waals surface area contributed by atoms with E-state index in [0.717, 1.165) is 12.1 Å². The number of halogens is 3. The van der Waals surface area contributed by atoms with Crippen LogP contribution < -0.4 is 4.90 Å². The van der Waals surface area contributed by atoms with Gasteiger partial charge in [-0.25, -0.2) is 18.6 Å². The average Bonchev–Trinajstić information content (AvgIpc) is 2.55. The molecule has 1 aromatic heterocycles. The molecule has 3 rings (SSSR count). The summed E-state index contributed by atoms with van der Waals surface area (Å²) in [5, 5.41) is 9.82. The van der Waals surface area contributed by atoms with Crippen LogP contribution in [0.15, 0.2) is 12.1 Å². The molecule has 2 heterocycles. The first-order valence-electron chi connectivity index (χ1n) is 9.13. The van der Waals surface area contributed by atoms with Gasteiger partial charge < -0.3 is 14.9 Å². The lowest BCUT2D eigenvalue weighted by molar-refractivity contribution is 0.0942. The van der Waals surface area contributed by atoms with E-state index in [9.17, 15) is 18.7 Å². The zero-order valence-corrected chi connectivity index (χ0v) is 17.3. The van der Waals surface area contributed by atoms with Gasteiger partial charge in [-0.1, -0.05) is 32.4 Å². The number of hydrogen-bond acceptors (Lipinski definition) is 3. The van der Waals surface area contributed by atoms with Gasteiger partial charge in [0.15, 0.2) is 0 Å². The van der Waals surface area contributed by atoms with Crippen LogP contribution in [0.1, 0.15) is 33.3 Å². The van der Waals surface area contributed by atoms with Crippen LogP contribution in [0.4, 0.5) is 19.4 Å². The van der Waals surface area contributed by atoms with Crippen LogP contribution in [0.5, 0.6) is 0 Å². The second-order valence-electron chi connectivity index (χ2n) is 8.47. The molecule has 0 radical (unpaired) electrons. The van der Waals surface area contributed by atoms with Crippen LogP contribution >= 0.6 is 11.6 Å². The molecule has 1 N–H and O–H groups in total. The molecule has 5 nitrogen and oxygen atoms in total. The third kappa shape index (κ3) is 3.48. The SMILES string of the molecule is Cc1c(N2CC(C)N(C(=O)O)CC2C(C)(C)C)nc2cc(F)cc(F)c2c1Cl. The molecule has 2 unspecified atom stereocenters. The molecular weight excluding hydrogens is 388 g/mol. The van der Waals surface area contributed by atoms with Crippen molar-refractivity contribution in [1.82, 2.24) is 9.88 Å². The minimum absolute atomic E-state index is 0.0915. The summed E-state index contributed by atoms with van der Waals surface area (Å²) >= 11 is 6.45. The van der Waals surface area contributed by atoms with E-state index in [1.165, 1.54) is 4.90 Å². The third-order valence-corrected chi connectivity index (χ3v) is 5.87. The summed E-state index contributed by atoms with van der Waals surface area (Å²) in [6.07, 6.45) is -0.966. The Morgan fingerprint density at radius 3 is 2.50 bits per heavy atom. The second-order valence-corrected chi connectivity index (χ2v) is 8.85. The molecule has 1 aliphatic heterocycles. The Morgan fingerprint density at radius 1 is 1.29 bits per heavy atom. The number of rotatable bonds is 1. The van der Waals surface area contributed by atoms with Gasteiger partial charge in [0, 0.05) is 36.8 Å². The number of amides is 1.